The molecule has 3 aromatic rings. The van der Waals surface area contributed by atoms with Crippen molar-refractivity contribution in [1.29, 1.82) is 0 Å². The fraction of sp³-hybridized carbons (Fsp3) is 0.389. The highest BCUT2D eigenvalue weighted by Gasteiger charge is 2.33. The molecule has 4 heterocycles. The summed E-state index contributed by atoms with van der Waals surface area (Å²) in [6.45, 7) is 4.43. The Morgan fingerprint density at radius 3 is 2.85 bits per heavy atom. The number of rotatable bonds is 3. The molecule has 1 atom stereocenters. The Balaban J connectivity index is 1.66. The van der Waals surface area contributed by atoms with Crippen molar-refractivity contribution in [2.75, 3.05) is 6.54 Å². The fourth-order valence-electron chi connectivity index (χ4n) is 3.50. The smallest absolute Gasteiger partial charge is 0.274 e. The van der Waals surface area contributed by atoms with Crippen molar-refractivity contribution >= 4 is 5.91 Å². The van der Waals surface area contributed by atoms with Crippen LogP contribution in [0.3, 0.4) is 0 Å². The second-order valence-corrected chi connectivity index (χ2v) is 6.56. The molecule has 1 fully saturated rings. The highest BCUT2D eigenvalue weighted by atomic mass is 16.5. The van der Waals surface area contributed by atoms with Crippen LogP contribution in [0.1, 0.15) is 46.5 Å². The zero-order valence-electron chi connectivity index (χ0n) is 15.0. The van der Waals surface area contributed by atoms with Crippen LogP contribution < -0.4 is 0 Å². The third-order valence-electron chi connectivity index (χ3n) is 4.73. The summed E-state index contributed by atoms with van der Waals surface area (Å²) >= 11 is 0. The van der Waals surface area contributed by atoms with E-state index < -0.39 is 0 Å². The fourth-order valence-corrected chi connectivity index (χ4v) is 3.50. The van der Waals surface area contributed by atoms with Crippen LogP contribution in [0.15, 0.2) is 29.2 Å². The van der Waals surface area contributed by atoms with E-state index in [9.17, 15) is 4.79 Å². The first kappa shape index (κ1) is 16.4. The van der Waals surface area contributed by atoms with E-state index in [1.807, 2.05) is 18.7 Å². The Bertz CT molecular complexity index is 941. The average molecular weight is 352 g/mol. The number of nitrogens with zero attached hydrogens (tertiary/aromatic N) is 6. The van der Waals surface area contributed by atoms with Gasteiger partial charge in [-0.1, -0.05) is 5.16 Å². The average Bonchev–Trinajstić information content (AvgIpc) is 3.35. The third-order valence-corrected chi connectivity index (χ3v) is 4.73. The van der Waals surface area contributed by atoms with Gasteiger partial charge in [-0.15, -0.1) is 0 Å². The molecule has 0 aliphatic carbocycles. The van der Waals surface area contributed by atoms with Gasteiger partial charge in [-0.25, -0.2) is 4.98 Å². The van der Waals surface area contributed by atoms with Crippen LogP contribution in [0, 0.1) is 13.8 Å². The summed E-state index contributed by atoms with van der Waals surface area (Å²) in [4.78, 5) is 23.8. The molecule has 0 bridgehead atoms. The van der Waals surface area contributed by atoms with Gasteiger partial charge in [0.05, 0.1) is 41.1 Å². The van der Waals surface area contributed by atoms with E-state index in [1.165, 1.54) is 0 Å². The van der Waals surface area contributed by atoms with Crippen LogP contribution in [-0.2, 0) is 7.05 Å². The Kier molecular flexibility index (Phi) is 4.02. The minimum Gasteiger partial charge on any atom is -0.361 e. The molecule has 1 aliphatic heterocycles. The second-order valence-electron chi connectivity index (χ2n) is 6.56. The first-order valence-electron chi connectivity index (χ1n) is 8.60. The monoisotopic (exact) mass is 352 g/mol. The molecule has 0 spiro atoms. The maximum atomic E-state index is 12.8. The number of carbonyl (C=O) groups excluding carboxylic acids is 1. The molecule has 8 nitrogen and oxygen atoms in total. The van der Waals surface area contributed by atoms with Crippen LogP contribution >= 0.6 is 0 Å². The van der Waals surface area contributed by atoms with E-state index in [4.69, 9.17) is 9.51 Å². The molecule has 4 rings (SSSR count). The number of hydrogen-bond donors (Lipinski definition) is 0. The summed E-state index contributed by atoms with van der Waals surface area (Å²) in [6, 6.07) is 1.64. The van der Waals surface area contributed by atoms with Crippen LogP contribution in [0.5, 0.6) is 0 Å². The highest BCUT2D eigenvalue weighted by molar-refractivity contribution is 5.92. The summed E-state index contributed by atoms with van der Waals surface area (Å²) in [6.07, 6.45) is 7.00. The quantitative estimate of drug-likeness (QED) is 0.719. The van der Waals surface area contributed by atoms with E-state index in [1.54, 1.807) is 36.4 Å². The predicted octanol–water partition coefficient (Wildman–Crippen LogP) is 2.46. The van der Waals surface area contributed by atoms with Gasteiger partial charge in [0, 0.05) is 19.8 Å². The molecule has 1 saturated heterocycles. The van der Waals surface area contributed by atoms with Gasteiger partial charge < -0.3 is 9.42 Å². The molecule has 0 N–H and O–H groups in total. The lowest BCUT2D eigenvalue weighted by molar-refractivity contribution is 0.0726. The van der Waals surface area contributed by atoms with E-state index in [-0.39, 0.29) is 11.9 Å². The van der Waals surface area contributed by atoms with Gasteiger partial charge in [0.15, 0.2) is 0 Å². The third kappa shape index (κ3) is 2.77. The summed E-state index contributed by atoms with van der Waals surface area (Å²) in [5, 5.41) is 8.22. The van der Waals surface area contributed by atoms with Crippen molar-refractivity contribution in [3.8, 4) is 11.3 Å². The van der Waals surface area contributed by atoms with Crippen molar-refractivity contribution in [2.45, 2.75) is 32.7 Å². The van der Waals surface area contributed by atoms with Crippen molar-refractivity contribution in [1.82, 2.24) is 29.8 Å². The Morgan fingerprint density at radius 2 is 2.15 bits per heavy atom. The maximum Gasteiger partial charge on any atom is 0.274 e. The summed E-state index contributed by atoms with van der Waals surface area (Å²) in [5.41, 5.74) is 3.59. The van der Waals surface area contributed by atoms with E-state index in [2.05, 4.69) is 15.2 Å². The normalized spacial score (nSPS) is 17.0. The van der Waals surface area contributed by atoms with Crippen LogP contribution in [0.25, 0.3) is 11.3 Å². The molecule has 0 saturated carbocycles. The van der Waals surface area contributed by atoms with E-state index in [0.29, 0.717) is 18.0 Å². The van der Waals surface area contributed by atoms with E-state index >= 15 is 0 Å². The molecule has 8 heteroatoms. The Morgan fingerprint density at radius 1 is 1.31 bits per heavy atom. The lowest BCUT2D eigenvalue weighted by Gasteiger charge is -2.23. The highest BCUT2D eigenvalue weighted by Crippen LogP contribution is 2.33. The molecule has 134 valence electrons. The zero-order valence-corrected chi connectivity index (χ0v) is 15.0. The number of hydrogen-bond acceptors (Lipinski definition) is 6. The van der Waals surface area contributed by atoms with Crippen LogP contribution in [0.2, 0.25) is 0 Å². The lowest BCUT2D eigenvalue weighted by atomic mass is 10.1. The van der Waals surface area contributed by atoms with Crippen molar-refractivity contribution in [3.63, 3.8) is 0 Å². The molecule has 1 amide bonds. The van der Waals surface area contributed by atoms with Gasteiger partial charge in [0.1, 0.15) is 11.5 Å². The van der Waals surface area contributed by atoms with Gasteiger partial charge in [-0.05, 0) is 32.8 Å². The molecule has 26 heavy (non-hydrogen) atoms. The Labute approximate surface area is 150 Å². The first-order valence-corrected chi connectivity index (χ1v) is 8.60. The van der Waals surface area contributed by atoms with Gasteiger partial charge in [-0.2, -0.15) is 5.10 Å². The van der Waals surface area contributed by atoms with Crippen molar-refractivity contribution < 1.29 is 9.32 Å². The SMILES string of the molecule is Cc1noc(C)c1-c1cncc([C@@H]2CCCN2C(=O)c2ccn(C)n2)n1. The number of amides is 1. The largest absolute Gasteiger partial charge is 0.361 e. The Hall–Kier alpha value is -3.03. The maximum absolute atomic E-state index is 12.8. The standard InChI is InChI=1S/C18H20N6O2/c1-11-17(12(2)26-22-11)15-10-19-9-14(20-15)16-5-4-7-24(16)18(25)13-6-8-23(3)21-13/h6,8-10,16H,4-5,7H2,1-3H3/t16-/m0/s1. The van der Waals surface area contributed by atoms with Crippen molar-refractivity contribution in [2.24, 2.45) is 7.05 Å². The number of carbonyl (C=O) groups is 1. The zero-order chi connectivity index (χ0) is 18.3. The molecule has 1 aliphatic rings. The lowest BCUT2D eigenvalue weighted by Crippen LogP contribution is -2.31. The minimum absolute atomic E-state index is 0.0716. The molecule has 0 radical (unpaired) electrons. The topological polar surface area (TPSA) is 89.9 Å². The number of aryl methyl sites for hydroxylation is 3. The molecular weight excluding hydrogens is 332 g/mol. The summed E-state index contributed by atoms with van der Waals surface area (Å²) in [5.74, 6) is 0.638. The van der Waals surface area contributed by atoms with Gasteiger partial charge in [-0.3, -0.25) is 14.5 Å². The van der Waals surface area contributed by atoms with Gasteiger partial charge in [0.25, 0.3) is 5.91 Å². The first-order chi connectivity index (χ1) is 12.5. The van der Waals surface area contributed by atoms with Crippen LogP contribution in [0.4, 0.5) is 0 Å². The molecule has 3 aromatic heterocycles. The number of likely N-dealkylation sites (tertiary alicyclic amines) is 1. The molecule has 0 unspecified atom stereocenters. The van der Waals surface area contributed by atoms with Gasteiger partial charge >= 0.3 is 0 Å². The van der Waals surface area contributed by atoms with Crippen LogP contribution in [-0.4, -0.2) is 42.3 Å². The number of aromatic nitrogens is 5. The summed E-state index contributed by atoms with van der Waals surface area (Å²) in [7, 11) is 1.80. The second kappa shape index (κ2) is 6.36. The molecule has 0 aromatic carbocycles. The van der Waals surface area contributed by atoms with Crippen molar-refractivity contribution in [3.05, 3.63) is 47.5 Å². The summed E-state index contributed by atoms with van der Waals surface area (Å²) < 4.78 is 6.88. The molecular formula is C18H20N6O2. The van der Waals surface area contributed by atoms with E-state index in [0.717, 1.165) is 35.5 Å². The minimum atomic E-state index is -0.0996. The van der Waals surface area contributed by atoms with Gasteiger partial charge in [0.2, 0.25) is 0 Å². The predicted molar refractivity (Wildman–Crippen MR) is 93.2 cm³/mol.